The van der Waals surface area contributed by atoms with Gasteiger partial charge in [0, 0.05) is 58.9 Å². The lowest BCUT2D eigenvalue weighted by molar-refractivity contribution is 0.102. The molecular formula is C19H33N3O5S. The minimum atomic E-state index is -4.18. The highest BCUT2D eigenvalue weighted by Crippen LogP contribution is 2.13. The third-order valence-corrected chi connectivity index (χ3v) is 5.74. The average molecular weight is 416 g/mol. The molecule has 0 aromatic heterocycles. The molecule has 0 aliphatic carbocycles. The second kappa shape index (κ2) is 10.6. The van der Waals surface area contributed by atoms with Crippen LogP contribution in [0.5, 0.6) is 0 Å². The Morgan fingerprint density at radius 2 is 1.21 bits per heavy atom. The van der Waals surface area contributed by atoms with E-state index in [2.05, 4.69) is 14.7 Å². The highest BCUT2D eigenvalue weighted by molar-refractivity contribution is 7.85. The molecule has 1 aromatic carbocycles. The second-order valence-electron chi connectivity index (χ2n) is 7.69. The van der Waals surface area contributed by atoms with Crippen LogP contribution in [0.25, 0.3) is 0 Å². The van der Waals surface area contributed by atoms with E-state index in [9.17, 15) is 18.6 Å². The van der Waals surface area contributed by atoms with Crippen LogP contribution in [-0.2, 0) is 16.7 Å². The fourth-order valence-corrected chi connectivity index (χ4v) is 3.96. The summed E-state index contributed by atoms with van der Waals surface area (Å²) in [4.78, 5) is 6.66. The van der Waals surface area contributed by atoms with E-state index < -0.39 is 22.3 Å². The summed E-state index contributed by atoms with van der Waals surface area (Å²) in [6, 6.07) is 6.27. The van der Waals surface area contributed by atoms with Crippen molar-refractivity contribution >= 4 is 10.1 Å². The summed E-state index contributed by atoms with van der Waals surface area (Å²) < 4.78 is 31.5. The summed E-state index contributed by atoms with van der Waals surface area (Å²) in [7, 11) is -4.18. The van der Waals surface area contributed by atoms with Gasteiger partial charge >= 0.3 is 0 Å². The third-order valence-electron chi connectivity index (χ3n) is 4.87. The van der Waals surface area contributed by atoms with Gasteiger partial charge in [0.25, 0.3) is 10.1 Å². The molecule has 0 bridgehead atoms. The standard InChI is InChI=1S/C19H33N3O5S/c1-16(23)13-20-7-8-21(14-17(2)24)10-12-22(11-9-20)15-18-3-5-19(6-4-18)28(25,26)27/h3-6,16-17,23-24H,7-15H2,1-2H3,(H,25,26,27)/t16-,17-/m0/s1. The minimum absolute atomic E-state index is 0.105. The summed E-state index contributed by atoms with van der Waals surface area (Å²) in [6.07, 6.45) is -0.792. The molecule has 1 heterocycles. The number of rotatable bonds is 7. The van der Waals surface area contributed by atoms with Crippen molar-refractivity contribution in [1.82, 2.24) is 14.7 Å². The van der Waals surface area contributed by atoms with Gasteiger partial charge in [-0.1, -0.05) is 12.1 Å². The Labute approximate surface area is 168 Å². The predicted octanol–water partition coefficient (Wildman–Crippen LogP) is 0.115. The quantitative estimate of drug-likeness (QED) is 0.539. The van der Waals surface area contributed by atoms with Crippen molar-refractivity contribution < 1.29 is 23.2 Å². The third kappa shape index (κ3) is 8.12. The van der Waals surface area contributed by atoms with Crippen molar-refractivity contribution in [2.75, 3.05) is 52.4 Å². The summed E-state index contributed by atoms with van der Waals surface area (Å²) in [5, 5.41) is 19.5. The molecule has 2 atom stereocenters. The molecule has 1 fully saturated rings. The van der Waals surface area contributed by atoms with Gasteiger partial charge in [0.05, 0.1) is 17.1 Å². The van der Waals surface area contributed by atoms with Crippen LogP contribution in [0.15, 0.2) is 29.2 Å². The normalized spacial score (nSPS) is 20.9. The molecule has 0 spiro atoms. The summed E-state index contributed by atoms with van der Waals surface area (Å²) in [6.45, 7) is 10.5. The molecule has 1 aliphatic rings. The highest BCUT2D eigenvalue weighted by Gasteiger charge is 2.18. The Morgan fingerprint density at radius 3 is 1.57 bits per heavy atom. The van der Waals surface area contributed by atoms with Gasteiger partial charge in [-0.15, -0.1) is 0 Å². The average Bonchev–Trinajstić information content (AvgIpc) is 2.67. The molecule has 3 N–H and O–H groups in total. The second-order valence-corrected chi connectivity index (χ2v) is 9.12. The monoisotopic (exact) mass is 415 g/mol. The van der Waals surface area contributed by atoms with E-state index in [1.165, 1.54) is 12.1 Å². The van der Waals surface area contributed by atoms with Crippen LogP contribution in [0.3, 0.4) is 0 Å². The largest absolute Gasteiger partial charge is 0.392 e. The lowest BCUT2D eigenvalue weighted by atomic mass is 10.2. The highest BCUT2D eigenvalue weighted by atomic mass is 32.2. The SMILES string of the molecule is C[C@H](O)CN1CCN(Cc2ccc(S(=O)(=O)O)cc2)CCN(C[C@H](C)O)CC1. The zero-order valence-corrected chi connectivity index (χ0v) is 17.6. The first-order chi connectivity index (χ1) is 13.1. The van der Waals surface area contributed by atoms with Gasteiger partial charge in [-0.05, 0) is 31.5 Å². The van der Waals surface area contributed by atoms with E-state index in [1.54, 1.807) is 26.0 Å². The molecule has 28 heavy (non-hydrogen) atoms. The van der Waals surface area contributed by atoms with E-state index in [4.69, 9.17) is 4.55 Å². The molecule has 1 aliphatic heterocycles. The number of benzene rings is 1. The fraction of sp³-hybridized carbons (Fsp3) is 0.684. The summed E-state index contributed by atoms with van der Waals surface area (Å²) in [5.41, 5.74) is 0.968. The van der Waals surface area contributed by atoms with Crippen molar-refractivity contribution in [3.05, 3.63) is 29.8 Å². The van der Waals surface area contributed by atoms with Gasteiger partial charge in [-0.25, -0.2) is 0 Å². The molecule has 0 radical (unpaired) electrons. The first-order valence-corrected chi connectivity index (χ1v) is 11.2. The van der Waals surface area contributed by atoms with Crippen LogP contribution in [-0.4, -0.2) is 102 Å². The maximum Gasteiger partial charge on any atom is 0.294 e. The van der Waals surface area contributed by atoms with E-state index in [-0.39, 0.29) is 4.90 Å². The van der Waals surface area contributed by atoms with E-state index >= 15 is 0 Å². The maximum atomic E-state index is 11.2. The molecular weight excluding hydrogens is 382 g/mol. The van der Waals surface area contributed by atoms with Gasteiger partial charge in [0.2, 0.25) is 0 Å². The molecule has 8 nitrogen and oxygen atoms in total. The first kappa shape index (κ1) is 23.2. The lowest BCUT2D eigenvalue weighted by Gasteiger charge is -2.27. The van der Waals surface area contributed by atoms with Crippen molar-refractivity contribution in [3.63, 3.8) is 0 Å². The van der Waals surface area contributed by atoms with E-state index in [1.807, 2.05) is 0 Å². The Kier molecular flexibility index (Phi) is 8.81. The van der Waals surface area contributed by atoms with Crippen molar-refractivity contribution in [3.8, 4) is 0 Å². The van der Waals surface area contributed by atoms with Crippen LogP contribution in [0, 0.1) is 0 Å². The zero-order valence-electron chi connectivity index (χ0n) is 16.7. The smallest absolute Gasteiger partial charge is 0.294 e. The Morgan fingerprint density at radius 1 is 0.821 bits per heavy atom. The molecule has 1 saturated heterocycles. The maximum absolute atomic E-state index is 11.2. The Balaban J connectivity index is 2.06. The van der Waals surface area contributed by atoms with Crippen molar-refractivity contribution in [2.24, 2.45) is 0 Å². The molecule has 160 valence electrons. The number of aliphatic hydroxyl groups excluding tert-OH is 2. The first-order valence-electron chi connectivity index (χ1n) is 9.73. The molecule has 1 aromatic rings. The number of β-amino-alcohol motifs (C(OH)–C–C–N with tert-alkyl or cyclic N) is 2. The Bertz CT molecular complexity index is 672. The number of aliphatic hydroxyl groups is 2. The minimum Gasteiger partial charge on any atom is -0.392 e. The molecule has 0 saturated carbocycles. The van der Waals surface area contributed by atoms with Gasteiger partial charge in [-0.3, -0.25) is 19.3 Å². The molecule has 2 rings (SSSR count). The molecule has 9 heteroatoms. The van der Waals surface area contributed by atoms with Crippen LogP contribution in [0.1, 0.15) is 19.4 Å². The topological polar surface area (TPSA) is 105 Å². The Hall–Kier alpha value is -1.07. The van der Waals surface area contributed by atoms with E-state index in [0.29, 0.717) is 19.6 Å². The van der Waals surface area contributed by atoms with Gasteiger partial charge in [0.15, 0.2) is 0 Å². The predicted molar refractivity (Wildman–Crippen MR) is 108 cm³/mol. The number of nitrogens with zero attached hydrogens (tertiary/aromatic N) is 3. The van der Waals surface area contributed by atoms with Crippen LogP contribution >= 0.6 is 0 Å². The lowest BCUT2D eigenvalue weighted by Crippen LogP contribution is -2.41. The van der Waals surface area contributed by atoms with Crippen LogP contribution in [0.4, 0.5) is 0 Å². The summed E-state index contributed by atoms with van der Waals surface area (Å²) >= 11 is 0. The van der Waals surface area contributed by atoms with Gasteiger partial charge in [-0.2, -0.15) is 8.42 Å². The summed E-state index contributed by atoms with van der Waals surface area (Å²) in [5.74, 6) is 0. The van der Waals surface area contributed by atoms with Crippen LogP contribution in [0.2, 0.25) is 0 Å². The van der Waals surface area contributed by atoms with Crippen molar-refractivity contribution in [1.29, 1.82) is 0 Å². The van der Waals surface area contributed by atoms with E-state index in [0.717, 1.165) is 44.8 Å². The zero-order chi connectivity index (χ0) is 20.7. The number of hydrogen-bond donors (Lipinski definition) is 3. The van der Waals surface area contributed by atoms with Gasteiger partial charge < -0.3 is 10.2 Å². The van der Waals surface area contributed by atoms with Crippen LogP contribution < -0.4 is 0 Å². The van der Waals surface area contributed by atoms with Crippen molar-refractivity contribution in [2.45, 2.75) is 37.5 Å². The molecule has 0 amide bonds. The van der Waals surface area contributed by atoms with Gasteiger partial charge in [0.1, 0.15) is 0 Å². The fourth-order valence-electron chi connectivity index (χ4n) is 3.48. The number of hydrogen-bond acceptors (Lipinski definition) is 7. The molecule has 0 unspecified atom stereocenters.